The number of aliphatic hydroxyl groups excluding tert-OH is 1. The minimum absolute atomic E-state index is 0. The minimum atomic E-state index is -0.633. The van der Waals surface area contributed by atoms with Gasteiger partial charge in [-0.3, -0.25) is 0 Å². The van der Waals surface area contributed by atoms with Crippen molar-refractivity contribution >= 4 is 51.4 Å². The number of hydrogen-bond acceptors (Lipinski definition) is 5. The molecule has 0 amide bonds. The number of ether oxygens (including phenoxy) is 1. The molecule has 3 rings (SSSR count). The Balaban J connectivity index is 0.00000300. The number of methoxy groups -OCH3 is 1. The summed E-state index contributed by atoms with van der Waals surface area (Å²) in [4.78, 5) is 5.41. The number of para-hydroxylation sites is 1. The van der Waals surface area contributed by atoms with Crippen LogP contribution in [0.4, 0.5) is 0 Å². The fraction of sp³-hybridized carbons (Fsp3) is 0.286. The van der Waals surface area contributed by atoms with E-state index in [0.717, 1.165) is 15.0 Å². The molecule has 1 heterocycles. The number of aromatic hydroxyl groups is 1. The molecule has 156 valence electrons. The summed E-state index contributed by atoms with van der Waals surface area (Å²) in [6.07, 6.45) is -0.633. The Kier molecular flexibility index (Phi) is 8.99. The average Bonchev–Trinajstić information content (AvgIpc) is 3.15. The number of fused-ring (bicyclic) bond motifs is 1. The number of nitrogens with zero attached hydrogens (tertiary/aromatic N) is 1. The second kappa shape index (κ2) is 11.2. The van der Waals surface area contributed by atoms with Gasteiger partial charge < -0.3 is 25.6 Å². The maximum atomic E-state index is 10.5. The van der Waals surface area contributed by atoms with E-state index in [4.69, 9.17) is 4.74 Å². The van der Waals surface area contributed by atoms with Crippen molar-refractivity contribution in [2.75, 3.05) is 20.2 Å². The molecule has 0 radical (unpaired) electrons. The average molecular weight is 527 g/mol. The van der Waals surface area contributed by atoms with Crippen molar-refractivity contribution in [1.82, 2.24) is 10.6 Å². The summed E-state index contributed by atoms with van der Waals surface area (Å²) in [6, 6.07) is 15.4. The zero-order valence-corrected chi connectivity index (χ0v) is 19.5. The molecular formula is C21H26IN3O3S. The number of nitrogens with one attached hydrogen (secondary N) is 2. The molecule has 8 heteroatoms. The van der Waals surface area contributed by atoms with E-state index in [1.54, 1.807) is 23.5 Å². The van der Waals surface area contributed by atoms with Crippen molar-refractivity contribution in [1.29, 1.82) is 0 Å². The van der Waals surface area contributed by atoms with E-state index < -0.39 is 6.10 Å². The van der Waals surface area contributed by atoms with E-state index in [2.05, 4.69) is 21.7 Å². The highest BCUT2D eigenvalue weighted by Crippen LogP contribution is 2.30. The van der Waals surface area contributed by atoms with Crippen LogP contribution in [0.5, 0.6) is 11.5 Å². The molecule has 29 heavy (non-hydrogen) atoms. The lowest BCUT2D eigenvalue weighted by Crippen LogP contribution is -2.39. The van der Waals surface area contributed by atoms with Gasteiger partial charge in [-0.1, -0.05) is 30.3 Å². The molecule has 1 atom stereocenters. The van der Waals surface area contributed by atoms with Gasteiger partial charge in [0.15, 0.2) is 17.5 Å². The van der Waals surface area contributed by atoms with Crippen LogP contribution in [0.25, 0.3) is 10.1 Å². The maximum Gasteiger partial charge on any atom is 0.191 e. The SMILES string of the molecule is CCNC(=NCc1cccc(OC)c1O)NCC(O)c1cc2ccccc2s1.I. The van der Waals surface area contributed by atoms with Crippen LogP contribution in [0.2, 0.25) is 0 Å². The van der Waals surface area contributed by atoms with E-state index in [-0.39, 0.29) is 36.3 Å². The summed E-state index contributed by atoms with van der Waals surface area (Å²) in [5, 5.41) is 28.2. The molecule has 2 aromatic carbocycles. The topological polar surface area (TPSA) is 86.1 Å². The van der Waals surface area contributed by atoms with Gasteiger partial charge >= 0.3 is 0 Å². The second-order valence-electron chi connectivity index (χ2n) is 6.25. The third-order valence-corrected chi connectivity index (χ3v) is 5.51. The first kappa shape index (κ1) is 23.2. The van der Waals surface area contributed by atoms with Crippen LogP contribution in [-0.2, 0) is 6.54 Å². The maximum absolute atomic E-state index is 10.5. The number of guanidine groups is 1. The fourth-order valence-electron chi connectivity index (χ4n) is 2.83. The van der Waals surface area contributed by atoms with Crippen LogP contribution in [0.3, 0.4) is 0 Å². The standard InChI is InChI=1S/C21H25N3O3S.HI/c1-3-22-21(23-12-15-8-6-9-17(27-2)20(15)26)24-13-16(25)19-11-14-7-4-5-10-18(14)28-19;/h4-11,16,25-26H,3,12-13H2,1-2H3,(H2,22,23,24);1H. The van der Waals surface area contributed by atoms with Crippen LogP contribution in [0, 0.1) is 0 Å². The quantitative estimate of drug-likeness (QED) is 0.212. The summed E-state index contributed by atoms with van der Waals surface area (Å²) in [5.74, 6) is 1.09. The van der Waals surface area contributed by atoms with Crippen molar-refractivity contribution in [2.24, 2.45) is 4.99 Å². The summed E-state index contributed by atoms with van der Waals surface area (Å²) in [5.41, 5.74) is 0.668. The summed E-state index contributed by atoms with van der Waals surface area (Å²) < 4.78 is 6.29. The number of aliphatic hydroxyl groups is 1. The molecule has 4 N–H and O–H groups in total. The van der Waals surface area contributed by atoms with E-state index in [1.165, 1.54) is 7.11 Å². The number of phenols is 1. The largest absolute Gasteiger partial charge is 0.504 e. The van der Waals surface area contributed by atoms with Gasteiger partial charge in [0.1, 0.15) is 6.10 Å². The highest BCUT2D eigenvalue weighted by molar-refractivity contribution is 14.0. The lowest BCUT2D eigenvalue weighted by Gasteiger charge is -2.14. The Morgan fingerprint density at radius 1 is 1.17 bits per heavy atom. The Hall–Kier alpha value is -2.04. The van der Waals surface area contributed by atoms with E-state index in [1.807, 2.05) is 37.3 Å². The van der Waals surface area contributed by atoms with Gasteiger partial charge in [-0.25, -0.2) is 4.99 Å². The van der Waals surface area contributed by atoms with Crippen molar-refractivity contribution in [2.45, 2.75) is 19.6 Å². The molecule has 0 saturated heterocycles. The van der Waals surface area contributed by atoms with Gasteiger partial charge in [0, 0.05) is 28.2 Å². The molecule has 0 aliphatic heterocycles. The van der Waals surface area contributed by atoms with E-state index in [9.17, 15) is 10.2 Å². The summed E-state index contributed by atoms with van der Waals surface area (Å²) >= 11 is 1.59. The van der Waals surface area contributed by atoms with Crippen LogP contribution < -0.4 is 15.4 Å². The predicted octanol–water partition coefficient (Wildman–Crippen LogP) is 4.02. The lowest BCUT2D eigenvalue weighted by molar-refractivity contribution is 0.184. The molecule has 0 aliphatic carbocycles. The van der Waals surface area contributed by atoms with Gasteiger partial charge in [-0.15, -0.1) is 35.3 Å². The molecule has 0 saturated carbocycles. The zero-order chi connectivity index (χ0) is 19.9. The van der Waals surface area contributed by atoms with Gasteiger partial charge in [0.2, 0.25) is 0 Å². The van der Waals surface area contributed by atoms with Crippen LogP contribution >= 0.6 is 35.3 Å². The number of halogens is 1. The highest BCUT2D eigenvalue weighted by atomic mass is 127. The molecule has 3 aromatic rings. The van der Waals surface area contributed by atoms with Crippen molar-refractivity contribution in [3.8, 4) is 11.5 Å². The Morgan fingerprint density at radius 3 is 2.69 bits per heavy atom. The van der Waals surface area contributed by atoms with Gasteiger partial charge in [-0.05, 0) is 30.5 Å². The summed E-state index contributed by atoms with van der Waals surface area (Å²) in [6.45, 7) is 3.29. The van der Waals surface area contributed by atoms with Gasteiger partial charge in [-0.2, -0.15) is 0 Å². The minimum Gasteiger partial charge on any atom is -0.504 e. The third-order valence-electron chi connectivity index (χ3n) is 4.29. The number of aliphatic imine (C=N–C) groups is 1. The lowest BCUT2D eigenvalue weighted by atomic mass is 10.2. The van der Waals surface area contributed by atoms with Crippen molar-refractivity contribution in [3.63, 3.8) is 0 Å². The number of benzene rings is 2. The molecule has 6 nitrogen and oxygen atoms in total. The third kappa shape index (κ3) is 5.97. The molecule has 0 spiro atoms. The van der Waals surface area contributed by atoms with E-state index in [0.29, 0.717) is 30.4 Å². The monoisotopic (exact) mass is 527 g/mol. The predicted molar refractivity (Wildman–Crippen MR) is 130 cm³/mol. The number of hydrogen-bond donors (Lipinski definition) is 4. The van der Waals surface area contributed by atoms with Crippen LogP contribution in [-0.4, -0.2) is 36.4 Å². The van der Waals surface area contributed by atoms with E-state index >= 15 is 0 Å². The number of phenolic OH excluding ortho intramolecular Hbond substituents is 1. The molecular weight excluding hydrogens is 501 g/mol. The van der Waals surface area contributed by atoms with Crippen molar-refractivity contribution < 1.29 is 14.9 Å². The second-order valence-corrected chi connectivity index (χ2v) is 7.36. The summed E-state index contributed by atoms with van der Waals surface area (Å²) in [7, 11) is 1.52. The Bertz CT molecular complexity index is 928. The Labute approximate surface area is 191 Å². The molecule has 0 aliphatic rings. The smallest absolute Gasteiger partial charge is 0.191 e. The zero-order valence-electron chi connectivity index (χ0n) is 16.4. The van der Waals surface area contributed by atoms with Crippen LogP contribution in [0.15, 0.2) is 53.5 Å². The van der Waals surface area contributed by atoms with Crippen LogP contribution in [0.1, 0.15) is 23.5 Å². The first-order valence-corrected chi connectivity index (χ1v) is 9.97. The molecule has 0 bridgehead atoms. The Morgan fingerprint density at radius 2 is 1.97 bits per heavy atom. The molecule has 1 aromatic heterocycles. The normalized spacial score (nSPS) is 12.3. The fourth-order valence-corrected chi connectivity index (χ4v) is 3.88. The first-order chi connectivity index (χ1) is 13.6. The number of thiophene rings is 1. The number of rotatable bonds is 7. The highest BCUT2D eigenvalue weighted by Gasteiger charge is 2.12. The van der Waals surface area contributed by atoms with Crippen molar-refractivity contribution in [3.05, 3.63) is 59.0 Å². The molecule has 1 unspecified atom stereocenters. The molecule has 0 fully saturated rings. The first-order valence-electron chi connectivity index (χ1n) is 9.16. The van der Waals surface area contributed by atoms with Gasteiger partial charge in [0.25, 0.3) is 0 Å². The van der Waals surface area contributed by atoms with Gasteiger partial charge in [0.05, 0.1) is 13.7 Å².